The van der Waals surface area contributed by atoms with E-state index in [-0.39, 0.29) is 36.0 Å². The third kappa shape index (κ3) is 4.30. The number of carbonyl (C=O) groups is 1. The van der Waals surface area contributed by atoms with E-state index in [2.05, 4.69) is 25.2 Å². The fourth-order valence-corrected chi connectivity index (χ4v) is 5.75. The lowest BCUT2D eigenvalue weighted by atomic mass is 10.1. The summed E-state index contributed by atoms with van der Waals surface area (Å²) in [5.41, 5.74) is 1.15. The van der Waals surface area contributed by atoms with Crippen LogP contribution in [0.1, 0.15) is 34.7 Å². The minimum Gasteiger partial charge on any atom is -0.348 e. The summed E-state index contributed by atoms with van der Waals surface area (Å²) in [6.45, 7) is 6.33. The number of nitrogens with zero attached hydrogens (tertiary/aromatic N) is 1. The molecular formula is C15H24N2O3S2. The maximum absolute atomic E-state index is 12.2. The molecule has 0 saturated carbocycles. The van der Waals surface area contributed by atoms with Gasteiger partial charge in [-0.2, -0.15) is 0 Å². The Morgan fingerprint density at radius 1 is 1.50 bits per heavy atom. The molecule has 0 unspecified atom stereocenters. The van der Waals surface area contributed by atoms with E-state index in [4.69, 9.17) is 0 Å². The van der Waals surface area contributed by atoms with Crippen molar-refractivity contribution < 1.29 is 13.2 Å². The first kappa shape index (κ1) is 17.4. The van der Waals surface area contributed by atoms with E-state index in [9.17, 15) is 13.2 Å². The largest absolute Gasteiger partial charge is 0.348 e. The van der Waals surface area contributed by atoms with Crippen molar-refractivity contribution in [3.63, 3.8) is 0 Å². The molecule has 22 heavy (non-hydrogen) atoms. The van der Waals surface area contributed by atoms with Gasteiger partial charge in [-0.1, -0.05) is 0 Å². The van der Waals surface area contributed by atoms with Crippen LogP contribution in [0.15, 0.2) is 6.07 Å². The number of aryl methyl sites for hydroxylation is 2. The quantitative estimate of drug-likeness (QED) is 0.882. The van der Waals surface area contributed by atoms with Gasteiger partial charge in [0.15, 0.2) is 9.84 Å². The molecule has 1 aliphatic heterocycles. The van der Waals surface area contributed by atoms with Crippen LogP contribution in [0.4, 0.5) is 0 Å². The molecule has 2 rings (SSSR count). The van der Waals surface area contributed by atoms with E-state index < -0.39 is 9.84 Å². The number of sulfone groups is 1. The van der Waals surface area contributed by atoms with E-state index in [1.165, 1.54) is 9.75 Å². The number of amides is 1. The minimum atomic E-state index is -2.92. The highest BCUT2D eigenvalue weighted by Crippen LogP contribution is 2.26. The molecular weight excluding hydrogens is 320 g/mol. The summed E-state index contributed by atoms with van der Waals surface area (Å²) >= 11 is 1.73. The number of carbonyl (C=O) groups excluding carboxylic acids is 1. The standard InChI is InChI=1S/C15H24N2O3S2/c1-10-7-14(12(3)21-10)11(2)16-15(18)8-17(4)13-5-6-22(19,20)9-13/h7,11,13H,5-6,8-9H2,1-4H3,(H,16,18)/t11-,13+/m0/s1. The van der Waals surface area contributed by atoms with Gasteiger partial charge in [0, 0.05) is 15.8 Å². The summed E-state index contributed by atoms with van der Waals surface area (Å²) in [4.78, 5) is 16.5. The lowest BCUT2D eigenvalue weighted by Gasteiger charge is -2.23. The molecule has 1 aromatic rings. The maximum Gasteiger partial charge on any atom is 0.234 e. The molecule has 0 aliphatic carbocycles. The number of hydrogen-bond donors (Lipinski definition) is 1. The molecule has 1 fully saturated rings. The monoisotopic (exact) mass is 344 g/mol. The zero-order valence-corrected chi connectivity index (χ0v) is 15.2. The number of rotatable bonds is 5. The second-order valence-corrected chi connectivity index (χ2v) is 9.82. The molecule has 0 radical (unpaired) electrons. The van der Waals surface area contributed by atoms with Gasteiger partial charge < -0.3 is 5.32 Å². The molecule has 2 atom stereocenters. The first-order chi connectivity index (χ1) is 10.2. The Kier molecular flexibility index (Phi) is 5.29. The van der Waals surface area contributed by atoms with Crippen molar-refractivity contribution >= 4 is 27.1 Å². The topological polar surface area (TPSA) is 66.5 Å². The Bertz CT molecular complexity index is 652. The van der Waals surface area contributed by atoms with Crippen LogP contribution < -0.4 is 5.32 Å². The molecule has 2 heterocycles. The minimum absolute atomic E-state index is 0.0295. The van der Waals surface area contributed by atoms with Gasteiger partial charge in [0.05, 0.1) is 24.1 Å². The van der Waals surface area contributed by atoms with E-state index in [1.807, 2.05) is 18.9 Å². The Hall–Kier alpha value is -0.920. The van der Waals surface area contributed by atoms with Crippen molar-refractivity contribution in [3.05, 3.63) is 21.4 Å². The van der Waals surface area contributed by atoms with Gasteiger partial charge in [0.25, 0.3) is 0 Å². The molecule has 1 aliphatic rings. The highest BCUT2D eigenvalue weighted by Gasteiger charge is 2.31. The molecule has 0 bridgehead atoms. The summed E-state index contributed by atoms with van der Waals surface area (Å²) in [5, 5.41) is 3.00. The highest BCUT2D eigenvalue weighted by atomic mass is 32.2. The smallest absolute Gasteiger partial charge is 0.234 e. The summed E-state index contributed by atoms with van der Waals surface area (Å²) in [7, 11) is -1.10. The molecule has 0 aromatic carbocycles. The number of nitrogens with one attached hydrogen (secondary N) is 1. The van der Waals surface area contributed by atoms with Crippen LogP contribution in [0, 0.1) is 13.8 Å². The second kappa shape index (κ2) is 6.68. The molecule has 5 nitrogen and oxygen atoms in total. The summed E-state index contributed by atoms with van der Waals surface area (Å²) in [6, 6.07) is 2.03. The van der Waals surface area contributed by atoms with Gasteiger partial charge in [0.2, 0.25) is 5.91 Å². The Labute approximate surface area is 136 Å². The molecule has 1 aromatic heterocycles. The summed E-state index contributed by atoms with van der Waals surface area (Å²) in [5.74, 6) is 0.324. The van der Waals surface area contributed by atoms with Gasteiger partial charge in [-0.25, -0.2) is 8.42 Å². The highest BCUT2D eigenvalue weighted by molar-refractivity contribution is 7.91. The Balaban J connectivity index is 1.89. The van der Waals surface area contributed by atoms with E-state index in [1.54, 1.807) is 11.3 Å². The summed E-state index contributed by atoms with van der Waals surface area (Å²) in [6.07, 6.45) is 0.616. The predicted octanol–water partition coefficient (Wildman–Crippen LogP) is 1.66. The lowest BCUT2D eigenvalue weighted by molar-refractivity contribution is -0.123. The van der Waals surface area contributed by atoms with Gasteiger partial charge >= 0.3 is 0 Å². The van der Waals surface area contributed by atoms with Crippen LogP contribution in [0.25, 0.3) is 0 Å². The molecule has 1 N–H and O–H groups in total. The second-order valence-electron chi connectivity index (χ2n) is 6.13. The van der Waals surface area contributed by atoms with Gasteiger partial charge in [0.1, 0.15) is 0 Å². The van der Waals surface area contributed by atoms with Crippen molar-refractivity contribution in [3.8, 4) is 0 Å². The fourth-order valence-electron chi connectivity index (χ4n) is 2.92. The van der Waals surface area contributed by atoms with Gasteiger partial charge in [-0.15, -0.1) is 11.3 Å². The van der Waals surface area contributed by atoms with Crippen LogP contribution in [0.3, 0.4) is 0 Å². The average molecular weight is 345 g/mol. The van der Waals surface area contributed by atoms with Crippen molar-refractivity contribution in [2.75, 3.05) is 25.1 Å². The predicted molar refractivity (Wildman–Crippen MR) is 90.0 cm³/mol. The average Bonchev–Trinajstić information content (AvgIpc) is 2.91. The van der Waals surface area contributed by atoms with Gasteiger partial charge in [-0.05, 0) is 45.9 Å². The van der Waals surface area contributed by atoms with Crippen LogP contribution in [-0.4, -0.2) is 50.4 Å². The normalized spacial score (nSPS) is 22.0. The van der Waals surface area contributed by atoms with Crippen LogP contribution >= 0.6 is 11.3 Å². The van der Waals surface area contributed by atoms with E-state index in [0.717, 1.165) is 5.56 Å². The number of hydrogen-bond acceptors (Lipinski definition) is 5. The Morgan fingerprint density at radius 2 is 2.18 bits per heavy atom. The lowest BCUT2D eigenvalue weighted by Crippen LogP contribution is -2.41. The third-order valence-electron chi connectivity index (χ3n) is 4.15. The molecule has 1 amide bonds. The fraction of sp³-hybridized carbons (Fsp3) is 0.667. The Morgan fingerprint density at radius 3 is 2.68 bits per heavy atom. The van der Waals surface area contributed by atoms with Gasteiger partial charge in [-0.3, -0.25) is 9.69 Å². The SMILES string of the molecule is Cc1cc([C@H](C)NC(=O)CN(C)[C@@H]2CCS(=O)(=O)C2)c(C)s1. The first-order valence-electron chi connectivity index (χ1n) is 7.45. The van der Waals surface area contributed by atoms with Crippen molar-refractivity contribution in [2.45, 2.75) is 39.3 Å². The van der Waals surface area contributed by atoms with E-state index >= 15 is 0 Å². The zero-order valence-electron chi connectivity index (χ0n) is 13.5. The van der Waals surface area contributed by atoms with Crippen LogP contribution in [-0.2, 0) is 14.6 Å². The van der Waals surface area contributed by atoms with E-state index in [0.29, 0.717) is 6.42 Å². The summed E-state index contributed by atoms with van der Waals surface area (Å²) < 4.78 is 23.0. The first-order valence-corrected chi connectivity index (χ1v) is 10.1. The van der Waals surface area contributed by atoms with Crippen LogP contribution in [0.5, 0.6) is 0 Å². The molecule has 7 heteroatoms. The van der Waals surface area contributed by atoms with Crippen molar-refractivity contribution in [1.29, 1.82) is 0 Å². The maximum atomic E-state index is 12.2. The molecule has 1 saturated heterocycles. The number of likely N-dealkylation sites (N-methyl/N-ethyl adjacent to an activating group) is 1. The zero-order chi connectivity index (χ0) is 16.5. The van der Waals surface area contributed by atoms with Crippen molar-refractivity contribution in [2.24, 2.45) is 0 Å². The van der Waals surface area contributed by atoms with Crippen LogP contribution in [0.2, 0.25) is 0 Å². The molecule has 0 spiro atoms. The third-order valence-corrected chi connectivity index (χ3v) is 6.88. The van der Waals surface area contributed by atoms with Crippen molar-refractivity contribution in [1.82, 2.24) is 10.2 Å². The molecule has 124 valence electrons. The number of thiophene rings is 1.